The fourth-order valence-corrected chi connectivity index (χ4v) is 3.07. The summed E-state index contributed by atoms with van der Waals surface area (Å²) >= 11 is 6.06. The van der Waals surface area contributed by atoms with Crippen LogP contribution in [0.25, 0.3) is 0 Å². The zero-order chi connectivity index (χ0) is 17.5. The molecule has 1 aliphatic carbocycles. The van der Waals surface area contributed by atoms with Gasteiger partial charge in [0.25, 0.3) is 0 Å². The van der Waals surface area contributed by atoms with Crippen molar-refractivity contribution in [3.63, 3.8) is 0 Å². The second kappa shape index (κ2) is 8.72. The zero-order valence-corrected chi connectivity index (χ0v) is 15.1. The highest BCUT2D eigenvalue weighted by atomic mass is 35.5. The smallest absolute Gasteiger partial charge is 0.229 e. The molecule has 0 amide bonds. The van der Waals surface area contributed by atoms with Gasteiger partial charge in [-0.2, -0.15) is 4.98 Å². The maximum atomic E-state index is 6.06. The summed E-state index contributed by atoms with van der Waals surface area (Å²) in [7, 11) is 1.62. The van der Waals surface area contributed by atoms with E-state index in [2.05, 4.69) is 26.7 Å². The summed E-state index contributed by atoms with van der Waals surface area (Å²) in [6.45, 7) is 0.878. The number of hydrogen-bond donors (Lipinski definition) is 2. The SMILES string of the molecule is COc1ccc(Cl)cc1Nc1nccc(NCCC2=CCCCC2)n1. The van der Waals surface area contributed by atoms with Gasteiger partial charge in [-0.15, -0.1) is 0 Å². The van der Waals surface area contributed by atoms with Crippen LogP contribution in [0, 0.1) is 0 Å². The summed E-state index contributed by atoms with van der Waals surface area (Å²) in [5, 5.41) is 7.15. The number of ether oxygens (including phenoxy) is 1. The Labute approximate surface area is 153 Å². The number of benzene rings is 1. The first-order valence-corrected chi connectivity index (χ1v) is 8.98. The first-order chi connectivity index (χ1) is 12.2. The second-order valence-corrected chi connectivity index (χ2v) is 6.46. The number of allylic oxidation sites excluding steroid dienone is 1. The number of hydrogen-bond acceptors (Lipinski definition) is 5. The molecule has 3 rings (SSSR count). The van der Waals surface area contributed by atoms with Gasteiger partial charge in [-0.1, -0.05) is 23.3 Å². The summed E-state index contributed by atoms with van der Waals surface area (Å²) in [6.07, 6.45) is 10.3. The Morgan fingerprint density at radius 3 is 2.96 bits per heavy atom. The second-order valence-electron chi connectivity index (χ2n) is 6.02. The predicted molar refractivity (Wildman–Crippen MR) is 103 cm³/mol. The van der Waals surface area contributed by atoms with Crippen molar-refractivity contribution in [3.05, 3.63) is 47.1 Å². The Kier molecular flexibility index (Phi) is 6.12. The van der Waals surface area contributed by atoms with Crippen LogP contribution in [0.1, 0.15) is 32.1 Å². The molecule has 5 nitrogen and oxygen atoms in total. The number of anilines is 3. The van der Waals surface area contributed by atoms with Crippen LogP contribution in [-0.4, -0.2) is 23.6 Å². The predicted octanol–water partition coefficient (Wildman–Crippen LogP) is 5.18. The third kappa shape index (κ3) is 5.10. The van der Waals surface area contributed by atoms with Crippen molar-refractivity contribution >= 4 is 29.1 Å². The number of nitrogens with zero attached hydrogens (tertiary/aromatic N) is 2. The Hall–Kier alpha value is -2.27. The van der Waals surface area contributed by atoms with E-state index in [-0.39, 0.29) is 0 Å². The molecular formula is C19H23ClN4O. The van der Waals surface area contributed by atoms with E-state index in [0.29, 0.717) is 16.7 Å². The van der Waals surface area contributed by atoms with Gasteiger partial charge in [-0.05, 0) is 56.4 Å². The molecule has 2 aromatic rings. The summed E-state index contributed by atoms with van der Waals surface area (Å²) in [4.78, 5) is 8.77. The molecular weight excluding hydrogens is 336 g/mol. The van der Waals surface area contributed by atoms with Crippen LogP contribution in [0.3, 0.4) is 0 Å². The Balaban J connectivity index is 1.61. The summed E-state index contributed by atoms with van der Waals surface area (Å²) < 4.78 is 5.34. The molecule has 1 heterocycles. The largest absolute Gasteiger partial charge is 0.495 e. The molecule has 2 N–H and O–H groups in total. The average Bonchev–Trinajstić information content (AvgIpc) is 2.63. The average molecular weight is 359 g/mol. The van der Waals surface area contributed by atoms with Crippen molar-refractivity contribution in [3.8, 4) is 5.75 Å². The Morgan fingerprint density at radius 1 is 1.24 bits per heavy atom. The van der Waals surface area contributed by atoms with Crippen LogP contribution in [0.15, 0.2) is 42.1 Å². The maximum absolute atomic E-state index is 6.06. The van der Waals surface area contributed by atoms with E-state index in [4.69, 9.17) is 16.3 Å². The molecule has 0 unspecified atom stereocenters. The lowest BCUT2D eigenvalue weighted by molar-refractivity contribution is 0.417. The first kappa shape index (κ1) is 17.5. The molecule has 0 fully saturated rings. The fourth-order valence-electron chi connectivity index (χ4n) is 2.90. The van der Waals surface area contributed by atoms with E-state index in [0.717, 1.165) is 24.5 Å². The molecule has 0 saturated heterocycles. The number of halogens is 1. The fraction of sp³-hybridized carbons (Fsp3) is 0.368. The van der Waals surface area contributed by atoms with Gasteiger partial charge in [-0.3, -0.25) is 0 Å². The van der Waals surface area contributed by atoms with E-state index in [1.165, 1.54) is 25.7 Å². The molecule has 0 spiro atoms. The molecule has 1 aromatic carbocycles. The minimum absolute atomic E-state index is 0.502. The molecule has 0 bridgehead atoms. The molecule has 1 aliphatic rings. The molecule has 132 valence electrons. The van der Waals surface area contributed by atoms with Gasteiger partial charge < -0.3 is 15.4 Å². The minimum Gasteiger partial charge on any atom is -0.495 e. The van der Waals surface area contributed by atoms with Crippen LogP contribution >= 0.6 is 11.6 Å². The molecule has 25 heavy (non-hydrogen) atoms. The highest BCUT2D eigenvalue weighted by Gasteiger charge is 2.07. The lowest BCUT2D eigenvalue weighted by Gasteiger charge is -2.14. The summed E-state index contributed by atoms with van der Waals surface area (Å²) in [6, 6.07) is 7.25. The maximum Gasteiger partial charge on any atom is 0.229 e. The quantitative estimate of drug-likeness (QED) is 0.667. The van der Waals surface area contributed by atoms with Gasteiger partial charge in [0.2, 0.25) is 5.95 Å². The highest BCUT2D eigenvalue weighted by molar-refractivity contribution is 6.31. The zero-order valence-electron chi connectivity index (χ0n) is 14.4. The van der Waals surface area contributed by atoms with Crippen LogP contribution in [-0.2, 0) is 0 Å². The van der Waals surface area contributed by atoms with E-state index < -0.39 is 0 Å². The van der Waals surface area contributed by atoms with Gasteiger partial charge >= 0.3 is 0 Å². The van der Waals surface area contributed by atoms with Gasteiger partial charge in [0, 0.05) is 17.8 Å². The van der Waals surface area contributed by atoms with Crippen LogP contribution in [0.5, 0.6) is 5.75 Å². The van der Waals surface area contributed by atoms with Gasteiger partial charge in [0.05, 0.1) is 12.8 Å². The van der Waals surface area contributed by atoms with Crippen LogP contribution in [0.4, 0.5) is 17.5 Å². The lowest BCUT2D eigenvalue weighted by atomic mass is 9.97. The van der Waals surface area contributed by atoms with Crippen molar-refractivity contribution < 1.29 is 4.74 Å². The molecule has 0 saturated carbocycles. The number of aromatic nitrogens is 2. The van der Waals surface area contributed by atoms with Crippen LogP contribution in [0.2, 0.25) is 5.02 Å². The van der Waals surface area contributed by atoms with E-state index in [1.54, 1.807) is 31.0 Å². The summed E-state index contributed by atoms with van der Waals surface area (Å²) in [5.74, 6) is 1.99. The van der Waals surface area contributed by atoms with E-state index >= 15 is 0 Å². The van der Waals surface area contributed by atoms with Crippen molar-refractivity contribution in [1.29, 1.82) is 0 Å². The topological polar surface area (TPSA) is 59.1 Å². The van der Waals surface area contributed by atoms with E-state index in [9.17, 15) is 0 Å². The van der Waals surface area contributed by atoms with Crippen molar-refractivity contribution in [1.82, 2.24) is 9.97 Å². The number of methoxy groups -OCH3 is 1. The molecule has 0 aliphatic heterocycles. The Morgan fingerprint density at radius 2 is 2.16 bits per heavy atom. The van der Waals surface area contributed by atoms with Crippen LogP contribution < -0.4 is 15.4 Å². The number of nitrogens with one attached hydrogen (secondary N) is 2. The van der Waals surface area contributed by atoms with Gasteiger partial charge in [0.15, 0.2) is 0 Å². The molecule has 6 heteroatoms. The highest BCUT2D eigenvalue weighted by Crippen LogP contribution is 2.29. The molecule has 1 aromatic heterocycles. The minimum atomic E-state index is 0.502. The third-order valence-electron chi connectivity index (χ3n) is 4.20. The van der Waals surface area contributed by atoms with Gasteiger partial charge in [0.1, 0.15) is 11.6 Å². The lowest BCUT2D eigenvalue weighted by Crippen LogP contribution is -2.07. The standard InChI is InChI=1S/C19H23ClN4O/c1-25-17-8-7-15(20)13-16(17)23-19-22-12-10-18(24-19)21-11-9-14-5-3-2-4-6-14/h5,7-8,10,12-13H,2-4,6,9,11H2,1H3,(H2,21,22,23,24). The summed E-state index contributed by atoms with van der Waals surface area (Å²) in [5.41, 5.74) is 2.29. The first-order valence-electron chi connectivity index (χ1n) is 8.60. The van der Waals surface area contributed by atoms with E-state index in [1.807, 2.05) is 12.1 Å². The van der Waals surface area contributed by atoms with Crippen molar-refractivity contribution in [2.45, 2.75) is 32.1 Å². The van der Waals surface area contributed by atoms with Crippen molar-refractivity contribution in [2.24, 2.45) is 0 Å². The van der Waals surface area contributed by atoms with Crippen molar-refractivity contribution in [2.75, 3.05) is 24.3 Å². The number of rotatable bonds is 7. The molecule has 0 atom stereocenters. The normalized spacial score (nSPS) is 13.9. The monoisotopic (exact) mass is 358 g/mol. The Bertz CT molecular complexity index is 748. The third-order valence-corrected chi connectivity index (χ3v) is 4.44. The molecule has 0 radical (unpaired) electrons. The van der Waals surface area contributed by atoms with Gasteiger partial charge in [-0.25, -0.2) is 4.98 Å².